The first-order valence-electron chi connectivity index (χ1n) is 10.6. The molecule has 2 fully saturated rings. The van der Waals surface area contributed by atoms with Gasteiger partial charge in [0, 0.05) is 47.7 Å². The van der Waals surface area contributed by atoms with Gasteiger partial charge in [-0.05, 0) is 51.8 Å². The van der Waals surface area contributed by atoms with Crippen molar-refractivity contribution < 1.29 is 0 Å². The van der Waals surface area contributed by atoms with E-state index in [4.69, 9.17) is 0 Å². The van der Waals surface area contributed by atoms with Crippen LogP contribution in [0.4, 0.5) is 5.69 Å². The number of thiazole rings is 1. The van der Waals surface area contributed by atoms with Crippen LogP contribution in [0.15, 0.2) is 24.7 Å². The Bertz CT molecular complexity index is 972. The molecular weight excluding hydrogens is 366 g/mol. The predicted octanol–water partition coefficient (Wildman–Crippen LogP) is 4.84. The second-order valence-corrected chi connectivity index (χ2v) is 9.55. The van der Waals surface area contributed by atoms with E-state index < -0.39 is 0 Å². The number of piperidine rings is 2. The number of aryl methyl sites for hydroxylation is 1. The van der Waals surface area contributed by atoms with E-state index in [0.29, 0.717) is 5.54 Å². The zero-order valence-corrected chi connectivity index (χ0v) is 17.7. The quantitative estimate of drug-likeness (QED) is 0.689. The molecule has 1 atom stereocenters. The number of nitrogens with zero attached hydrogens (tertiary/aromatic N) is 4. The van der Waals surface area contributed by atoms with Crippen molar-refractivity contribution in [3.63, 3.8) is 0 Å². The minimum absolute atomic E-state index is 0.342. The molecule has 1 N–H and O–H groups in total. The largest absolute Gasteiger partial charge is 0.369 e. The number of rotatable bonds is 3. The number of hydrogen-bond acceptors (Lipinski definition) is 5. The van der Waals surface area contributed by atoms with Gasteiger partial charge in [-0.15, -0.1) is 11.3 Å². The Kier molecular flexibility index (Phi) is 4.63. The van der Waals surface area contributed by atoms with Crippen LogP contribution in [0.1, 0.15) is 43.9 Å². The number of aromatic nitrogens is 3. The third-order valence-corrected chi connectivity index (χ3v) is 7.62. The molecule has 2 saturated heterocycles. The smallest absolute Gasteiger partial charge is 0.140 e. The zero-order valence-electron chi connectivity index (χ0n) is 16.9. The fourth-order valence-corrected chi connectivity index (χ4v) is 6.16. The molecule has 0 radical (unpaired) electrons. The molecule has 0 saturated carbocycles. The van der Waals surface area contributed by atoms with Gasteiger partial charge in [-0.3, -0.25) is 4.90 Å². The summed E-state index contributed by atoms with van der Waals surface area (Å²) in [4.78, 5) is 19.3. The van der Waals surface area contributed by atoms with Crippen LogP contribution >= 0.6 is 11.3 Å². The lowest BCUT2D eigenvalue weighted by molar-refractivity contribution is 0.0384. The molecule has 28 heavy (non-hydrogen) atoms. The zero-order chi connectivity index (χ0) is 19.1. The van der Waals surface area contributed by atoms with Gasteiger partial charge in [0.2, 0.25) is 0 Å². The second kappa shape index (κ2) is 7.16. The van der Waals surface area contributed by atoms with Crippen molar-refractivity contribution in [3.8, 4) is 10.6 Å². The lowest BCUT2D eigenvalue weighted by Gasteiger charge is -2.52. The van der Waals surface area contributed by atoms with Gasteiger partial charge in [0.25, 0.3) is 0 Å². The maximum absolute atomic E-state index is 4.65. The van der Waals surface area contributed by atoms with Gasteiger partial charge in [0.15, 0.2) is 0 Å². The first-order chi connectivity index (χ1) is 13.7. The van der Waals surface area contributed by atoms with Crippen LogP contribution in [0.3, 0.4) is 0 Å². The average Bonchev–Trinajstić information content (AvgIpc) is 3.34. The van der Waals surface area contributed by atoms with Crippen molar-refractivity contribution in [2.75, 3.05) is 31.1 Å². The summed E-state index contributed by atoms with van der Waals surface area (Å²) in [5.74, 6) is 0. The van der Waals surface area contributed by atoms with Crippen LogP contribution in [0.25, 0.3) is 21.6 Å². The van der Waals surface area contributed by atoms with Crippen LogP contribution in [-0.2, 0) is 0 Å². The molecule has 1 spiro atoms. The Morgan fingerprint density at radius 1 is 1.18 bits per heavy atom. The maximum Gasteiger partial charge on any atom is 0.140 e. The van der Waals surface area contributed by atoms with E-state index in [1.807, 2.05) is 12.4 Å². The van der Waals surface area contributed by atoms with E-state index in [1.54, 1.807) is 11.3 Å². The van der Waals surface area contributed by atoms with Gasteiger partial charge in [-0.1, -0.05) is 13.3 Å². The number of anilines is 1. The number of hydrogen-bond donors (Lipinski definition) is 1. The minimum Gasteiger partial charge on any atom is -0.369 e. The van der Waals surface area contributed by atoms with Gasteiger partial charge in [-0.25, -0.2) is 9.97 Å². The Morgan fingerprint density at radius 2 is 2.07 bits per heavy atom. The molecule has 0 aliphatic carbocycles. The van der Waals surface area contributed by atoms with Crippen molar-refractivity contribution in [1.82, 2.24) is 19.9 Å². The van der Waals surface area contributed by atoms with Crippen LogP contribution < -0.4 is 4.90 Å². The fourth-order valence-electron chi connectivity index (χ4n) is 5.38. The van der Waals surface area contributed by atoms with Gasteiger partial charge in [0.05, 0.1) is 11.1 Å². The highest BCUT2D eigenvalue weighted by atomic mass is 32.1. The van der Waals surface area contributed by atoms with Crippen LogP contribution in [0.2, 0.25) is 0 Å². The molecule has 1 unspecified atom stereocenters. The van der Waals surface area contributed by atoms with E-state index in [9.17, 15) is 0 Å². The number of fused-ring (bicyclic) bond motifs is 1. The van der Waals surface area contributed by atoms with Gasteiger partial charge < -0.3 is 9.88 Å². The molecule has 6 heteroatoms. The summed E-state index contributed by atoms with van der Waals surface area (Å²) in [6, 6.07) is 2.21. The molecule has 3 aromatic heterocycles. The molecule has 5 nitrogen and oxygen atoms in total. The van der Waals surface area contributed by atoms with Crippen LogP contribution in [0, 0.1) is 6.92 Å². The lowest BCUT2D eigenvalue weighted by Crippen LogP contribution is -2.60. The Balaban J connectivity index is 1.56. The molecular formula is C22H29N5S. The van der Waals surface area contributed by atoms with E-state index in [-0.39, 0.29) is 0 Å². The van der Waals surface area contributed by atoms with E-state index in [2.05, 4.69) is 50.9 Å². The number of pyridine rings is 1. The van der Waals surface area contributed by atoms with Crippen LogP contribution in [-0.4, -0.2) is 51.6 Å². The number of H-pyrrole nitrogens is 1. The van der Waals surface area contributed by atoms with Crippen molar-refractivity contribution in [2.24, 2.45) is 0 Å². The fraction of sp³-hybridized carbons (Fsp3) is 0.545. The SMILES string of the molecule is CCN1CCCCC12CCCN(c1ccnc3[nH]cc(-c4ncc(C)s4)c13)C2. The summed E-state index contributed by atoms with van der Waals surface area (Å²) in [5, 5.41) is 2.31. The number of aromatic amines is 1. The number of nitrogens with one attached hydrogen (secondary N) is 1. The van der Waals surface area contributed by atoms with E-state index in [1.165, 1.54) is 60.2 Å². The van der Waals surface area contributed by atoms with Crippen molar-refractivity contribution in [1.29, 1.82) is 0 Å². The van der Waals surface area contributed by atoms with Crippen molar-refractivity contribution >= 4 is 28.1 Å². The highest BCUT2D eigenvalue weighted by molar-refractivity contribution is 7.15. The number of likely N-dealkylation sites (N-methyl/N-ethyl adjacent to an activating group) is 1. The van der Waals surface area contributed by atoms with Crippen molar-refractivity contribution in [2.45, 2.75) is 51.5 Å². The summed E-state index contributed by atoms with van der Waals surface area (Å²) in [7, 11) is 0. The predicted molar refractivity (Wildman–Crippen MR) is 117 cm³/mol. The summed E-state index contributed by atoms with van der Waals surface area (Å²) < 4.78 is 0. The highest BCUT2D eigenvalue weighted by Gasteiger charge is 2.41. The van der Waals surface area contributed by atoms with Gasteiger partial charge in [-0.2, -0.15) is 0 Å². The standard InChI is InChI=1S/C22H29N5S/c1-3-27-12-5-4-8-22(27)9-6-11-26(15-22)18-7-10-23-20-19(18)17(14-24-20)21-25-13-16(2)28-21/h7,10,13-14H,3-6,8-9,11-12,15H2,1-2H3,(H,23,24). The second-order valence-electron chi connectivity index (χ2n) is 8.32. The number of likely N-dealkylation sites (tertiary alicyclic amines) is 1. The van der Waals surface area contributed by atoms with Gasteiger partial charge in [0.1, 0.15) is 10.7 Å². The molecule has 0 aromatic carbocycles. The molecule has 5 heterocycles. The third kappa shape index (κ3) is 2.94. The Labute approximate surface area is 170 Å². The molecule has 0 amide bonds. The molecule has 0 bridgehead atoms. The topological polar surface area (TPSA) is 48.0 Å². The normalized spacial score (nSPS) is 23.7. The Morgan fingerprint density at radius 3 is 2.89 bits per heavy atom. The van der Waals surface area contributed by atoms with Crippen molar-refractivity contribution in [3.05, 3.63) is 29.5 Å². The average molecular weight is 396 g/mol. The van der Waals surface area contributed by atoms with E-state index >= 15 is 0 Å². The van der Waals surface area contributed by atoms with Gasteiger partial charge >= 0.3 is 0 Å². The summed E-state index contributed by atoms with van der Waals surface area (Å²) in [5.41, 5.74) is 3.81. The van der Waals surface area contributed by atoms with Crippen LogP contribution in [0.5, 0.6) is 0 Å². The molecule has 5 rings (SSSR count). The molecule has 2 aliphatic rings. The third-order valence-electron chi connectivity index (χ3n) is 6.67. The molecule has 148 valence electrons. The minimum atomic E-state index is 0.342. The maximum atomic E-state index is 4.65. The Hall–Kier alpha value is -1.92. The van der Waals surface area contributed by atoms with E-state index in [0.717, 1.165) is 30.3 Å². The summed E-state index contributed by atoms with van der Waals surface area (Å²) >= 11 is 1.76. The summed E-state index contributed by atoms with van der Waals surface area (Å²) in [6.07, 6.45) is 12.6. The molecule has 3 aromatic rings. The highest BCUT2D eigenvalue weighted by Crippen LogP contribution is 2.41. The lowest BCUT2D eigenvalue weighted by atomic mass is 9.79. The first kappa shape index (κ1) is 18.1. The molecule has 2 aliphatic heterocycles. The monoisotopic (exact) mass is 395 g/mol. The summed E-state index contributed by atoms with van der Waals surface area (Å²) in [6.45, 7) is 9.11. The first-order valence-corrected chi connectivity index (χ1v) is 11.4.